The maximum atomic E-state index is 12.1. The van der Waals surface area contributed by atoms with Gasteiger partial charge in [0.15, 0.2) is 0 Å². The number of aromatic carboxylic acids is 1. The van der Waals surface area contributed by atoms with Gasteiger partial charge in [-0.05, 0) is 26.8 Å². The molecule has 0 aliphatic rings. The number of rotatable bonds is 3. The Bertz CT molecular complexity index is 817. The lowest BCUT2D eigenvalue weighted by molar-refractivity contribution is 0.0520. The molecule has 1 heterocycles. The van der Waals surface area contributed by atoms with Crippen molar-refractivity contribution in [2.75, 3.05) is 0 Å². The average Bonchev–Trinajstić information content (AvgIpc) is 2.42. The second kappa shape index (κ2) is 6.12. The fourth-order valence-electron chi connectivity index (χ4n) is 2.17. The van der Waals surface area contributed by atoms with Crippen molar-refractivity contribution in [2.24, 2.45) is 0 Å². The minimum Gasteiger partial charge on any atom is -0.478 e. The first-order chi connectivity index (χ1) is 10.7. The van der Waals surface area contributed by atoms with E-state index in [0.717, 1.165) is 0 Å². The molecule has 7 nitrogen and oxygen atoms in total. The van der Waals surface area contributed by atoms with Crippen LogP contribution in [0, 0.1) is 0 Å². The summed E-state index contributed by atoms with van der Waals surface area (Å²) in [5.74, 6) is -1.23. The highest BCUT2D eigenvalue weighted by atomic mass is 16.6. The number of H-pyrrole nitrogens is 1. The molecule has 2 aromatic rings. The molecule has 0 aliphatic carbocycles. The molecule has 3 N–H and O–H groups in total. The lowest BCUT2D eigenvalue weighted by atomic mass is 10.0. The van der Waals surface area contributed by atoms with Crippen molar-refractivity contribution in [1.29, 1.82) is 0 Å². The van der Waals surface area contributed by atoms with Crippen LogP contribution in [0.15, 0.2) is 29.1 Å². The summed E-state index contributed by atoms with van der Waals surface area (Å²) >= 11 is 0. The van der Waals surface area contributed by atoms with Crippen LogP contribution >= 0.6 is 0 Å². The van der Waals surface area contributed by atoms with Crippen LogP contribution in [0.25, 0.3) is 10.9 Å². The molecule has 0 spiro atoms. The van der Waals surface area contributed by atoms with Crippen LogP contribution in [-0.2, 0) is 11.3 Å². The van der Waals surface area contributed by atoms with Crippen LogP contribution in [0.1, 0.15) is 36.7 Å². The van der Waals surface area contributed by atoms with Crippen LogP contribution in [0.5, 0.6) is 0 Å². The molecule has 2 rings (SSSR count). The normalized spacial score (nSPS) is 11.3. The summed E-state index contributed by atoms with van der Waals surface area (Å²) < 4.78 is 5.08. The molecule has 0 aliphatic heterocycles. The molecule has 0 atom stereocenters. The van der Waals surface area contributed by atoms with Crippen LogP contribution in [-0.4, -0.2) is 27.8 Å². The highest BCUT2D eigenvalue weighted by Crippen LogP contribution is 2.18. The number of hydrogen-bond donors (Lipinski definition) is 3. The molecule has 0 fully saturated rings. The Morgan fingerprint density at radius 2 is 1.91 bits per heavy atom. The smallest absolute Gasteiger partial charge is 0.407 e. The molecule has 0 bridgehead atoms. The van der Waals surface area contributed by atoms with E-state index in [1.165, 1.54) is 0 Å². The quantitative estimate of drug-likeness (QED) is 0.804. The molecular formula is C16H18N2O5. The van der Waals surface area contributed by atoms with Crippen LogP contribution in [0.4, 0.5) is 4.79 Å². The highest BCUT2D eigenvalue weighted by Gasteiger charge is 2.20. The zero-order valence-corrected chi connectivity index (χ0v) is 13.1. The van der Waals surface area contributed by atoms with Gasteiger partial charge >= 0.3 is 12.1 Å². The van der Waals surface area contributed by atoms with Gasteiger partial charge in [-0.15, -0.1) is 0 Å². The molecular weight excluding hydrogens is 300 g/mol. The van der Waals surface area contributed by atoms with E-state index >= 15 is 0 Å². The number of carbonyl (C=O) groups excluding carboxylic acids is 1. The standard InChI is InChI=1S/C16H18N2O5/c1-16(2,3)23-15(22)17-8-10-12(14(20)21)9-6-4-5-7-11(9)18-13(10)19/h4-7H,8H2,1-3H3,(H,17,22)(H,18,19)(H,20,21). The fraction of sp³-hybridized carbons (Fsp3) is 0.312. The largest absolute Gasteiger partial charge is 0.478 e. The minimum atomic E-state index is -1.23. The van der Waals surface area contributed by atoms with Gasteiger partial charge in [0.1, 0.15) is 5.60 Å². The number of carbonyl (C=O) groups is 2. The average molecular weight is 318 g/mol. The van der Waals surface area contributed by atoms with E-state index in [0.29, 0.717) is 10.9 Å². The number of carboxylic acids is 1. The van der Waals surface area contributed by atoms with Gasteiger partial charge in [-0.1, -0.05) is 18.2 Å². The van der Waals surface area contributed by atoms with E-state index in [1.807, 2.05) is 0 Å². The maximum Gasteiger partial charge on any atom is 0.407 e. The summed E-state index contributed by atoms with van der Waals surface area (Å²) in [4.78, 5) is 38.0. The molecule has 122 valence electrons. The number of amides is 1. The van der Waals surface area contributed by atoms with Gasteiger partial charge in [-0.3, -0.25) is 4.79 Å². The third kappa shape index (κ3) is 3.88. The number of nitrogens with one attached hydrogen (secondary N) is 2. The van der Waals surface area contributed by atoms with Gasteiger partial charge in [0.05, 0.1) is 17.7 Å². The zero-order chi connectivity index (χ0) is 17.2. The lowest BCUT2D eigenvalue weighted by Gasteiger charge is -2.19. The molecule has 0 unspecified atom stereocenters. The molecule has 0 radical (unpaired) electrons. The van der Waals surface area contributed by atoms with Crippen LogP contribution in [0.3, 0.4) is 0 Å². The number of hydrogen-bond acceptors (Lipinski definition) is 4. The predicted molar refractivity (Wildman–Crippen MR) is 84.6 cm³/mol. The van der Waals surface area contributed by atoms with Crippen molar-refractivity contribution in [3.8, 4) is 0 Å². The molecule has 0 saturated heterocycles. The fourth-order valence-corrected chi connectivity index (χ4v) is 2.17. The summed E-state index contributed by atoms with van der Waals surface area (Å²) in [7, 11) is 0. The number of pyridine rings is 1. The van der Waals surface area contributed by atoms with Crippen LogP contribution < -0.4 is 10.9 Å². The molecule has 7 heteroatoms. The van der Waals surface area contributed by atoms with E-state index in [-0.39, 0.29) is 17.7 Å². The summed E-state index contributed by atoms with van der Waals surface area (Å²) in [6, 6.07) is 6.60. The second-order valence-electron chi connectivity index (χ2n) is 6.01. The first-order valence-electron chi connectivity index (χ1n) is 7.03. The van der Waals surface area contributed by atoms with E-state index in [9.17, 15) is 19.5 Å². The first-order valence-corrected chi connectivity index (χ1v) is 7.03. The van der Waals surface area contributed by atoms with Crippen LogP contribution in [0.2, 0.25) is 0 Å². The topological polar surface area (TPSA) is 108 Å². The van der Waals surface area contributed by atoms with Crippen molar-refractivity contribution >= 4 is 23.0 Å². The summed E-state index contributed by atoms with van der Waals surface area (Å²) in [5.41, 5.74) is -0.967. The molecule has 1 aromatic heterocycles. The Kier molecular flexibility index (Phi) is 4.40. The Morgan fingerprint density at radius 1 is 1.26 bits per heavy atom. The van der Waals surface area contributed by atoms with E-state index in [1.54, 1.807) is 45.0 Å². The molecule has 0 saturated carbocycles. The number of fused-ring (bicyclic) bond motifs is 1. The second-order valence-corrected chi connectivity index (χ2v) is 6.01. The zero-order valence-electron chi connectivity index (χ0n) is 13.1. The number of carboxylic acid groups (broad SMARTS) is 1. The molecule has 23 heavy (non-hydrogen) atoms. The first kappa shape index (κ1) is 16.5. The van der Waals surface area contributed by atoms with Gasteiger partial charge in [0.2, 0.25) is 0 Å². The van der Waals surface area contributed by atoms with Gasteiger partial charge in [-0.25, -0.2) is 9.59 Å². The Morgan fingerprint density at radius 3 is 2.52 bits per heavy atom. The number of benzene rings is 1. The van der Waals surface area contributed by atoms with Gasteiger partial charge in [-0.2, -0.15) is 0 Å². The van der Waals surface area contributed by atoms with Crippen molar-refractivity contribution in [2.45, 2.75) is 32.9 Å². The Hall–Kier alpha value is -2.83. The number of para-hydroxylation sites is 1. The van der Waals surface area contributed by atoms with Gasteiger partial charge in [0.25, 0.3) is 5.56 Å². The Labute approximate surface area is 132 Å². The monoisotopic (exact) mass is 318 g/mol. The third-order valence-corrected chi connectivity index (χ3v) is 3.04. The summed E-state index contributed by atoms with van der Waals surface area (Å²) in [6.45, 7) is 4.88. The van der Waals surface area contributed by atoms with E-state index < -0.39 is 23.2 Å². The Balaban J connectivity index is 2.39. The molecule has 1 aromatic carbocycles. The van der Waals surface area contributed by atoms with Gasteiger partial charge in [0, 0.05) is 10.9 Å². The highest BCUT2D eigenvalue weighted by molar-refractivity contribution is 6.03. The van der Waals surface area contributed by atoms with Gasteiger partial charge < -0.3 is 20.1 Å². The summed E-state index contributed by atoms with van der Waals surface area (Å²) in [5, 5.41) is 12.3. The maximum absolute atomic E-state index is 12.1. The number of ether oxygens (including phenoxy) is 1. The van der Waals surface area contributed by atoms with Crippen molar-refractivity contribution in [3.05, 3.63) is 45.7 Å². The van der Waals surface area contributed by atoms with Crippen molar-refractivity contribution < 1.29 is 19.4 Å². The van der Waals surface area contributed by atoms with E-state index in [4.69, 9.17) is 4.74 Å². The SMILES string of the molecule is CC(C)(C)OC(=O)NCc1c(C(=O)O)c2ccccc2[nH]c1=O. The van der Waals surface area contributed by atoms with Crippen molar-refractivity contribution in [3.63, 3.8) is 0 Å². The minimum absolute atomic E-state index is 0.0259. The van der Waals surface area contributed by atoms with E-state index in [2.05, 4.69) is 10.3 Å². The van der Waals surface area contributed by atoms with Crippen molar-refractivity contribution in [1.82, 2.24) is 10.3 Å². The summed E-state index contributed by atoms with van der Waals surface area (Å²) in [6.07, 6.45) is -0.721. The molecule has 1 amide bonds. The predicted octanol–water partition coefficient (Wildman–Crippen LogP) is 2.25. The lowest BCUT2D eigenvalue weighted by Crippen LogP contribution is -2.34. The number of aromatic amines is 1. The third-order valence-electron chi connectivity index (χ3n) is 3.04. The number of alkyl carbamates (subject to hydrolysis) is 1. The number of aromatic nitrogens is 1.